The summed E-state index contributed by atoms with van der Waals surface area (Å²) in [6.45, 7) is 0. The number of anilines is 1. The van der Waals surface area contributed by atoms with Crippen molar-refractivity contribution in [2.75, 3.05) is 5.32 Å². The Bertz CT molecular complexity index is 3000. The molecule has 0 fully saturated rings. The lowest BCUT2D eigenvalue weighted by Crippen LogP contribution is -2.24. The first-order valence-electron chi connectivity index (χ1n) is 20.7. The molecule has 0 amide bonds. The molecule has 5 heteroatoms. The first-order chi connectivity index (χ1) is 28.7. The number of hydrogen-bond donors (Lipinski definition) is 2. The number of allylic oxidation sites excluding steroid dienone is 7. The number of aromatic nitrogens is 1. The summed E-state index contributed by atoms with van der Waals surface area (Å²) in [4.78, 5) is 6.86. The molecule has 4 atom stereocenters. The highest BCUT2D eigenvalue weighted by Gasteiger charge is 2.31. The van der Waals surface area contributed by atoms with Crippen molar-refractivity contribution >= 4 is 67.4 Å². The number of nitrogens with zero attached hydrogens (tertiary/aromatic N) is 2. The Morgan fingerprint density at radius 1 is 0.724 bits per heavy atom. The molecule has 4 nitrogen and oxygen atoms in total. The van der Waals surface area contributed by atoms with Gasteiger partial charge in [-0.25, -0.2) is 0 Å². The van der Waals surface area contributed by atoms with Gasteiger partial charge in [0.25, 0.3) is 0 Å². The van der Waals surface area contributed by atoms with Gasteiger partial charge in [0.2, 0.25) is 0 Å². The van der Waals surface area contributed by atoms with E-state index in [9.17, 15) is 0 Å². The Morgan fingerprint density at radius 3 is 2.45 bits per heavy atom. The minimum Gasteiger partial charge on any atom is -0.371 e. The third-order valence-electron chi connectivity index (χ3n) is 12.8. The Morgan fingerprint density at radius 2 is 1.57 bits per heavy atom. The number of benzene rings is 6. The molecule has 3 aliphatic carbocycles. The molecule has 0 saturated heterocycles. The Labute approximate surface area is 343 Å². The fourth-order valence-electron chi connectivity index (χ4n) is 9.87. The average molecular weight is 767 g/mol. The number of aliphatic imine (C=N–C) groups is 1. The number of fused-ring (bicyclic) bond motifs is 9. The van der Waals surface area contributed by atoms with Crippen LogP contribution in [0.15, 0.2) is 179 Å². The summed E-state index contributed by atoms with van der Waals surface area (Å²) < 4.78 is 2.49. The molecule has 5 aliphatic rings. The van der Waals surface area contributed by atoms with Crippen LogP contribution < -0.4 is 10.6 Å². The monoisotopic (exact) mass is 766 g/mol. The van der Waals surface area contributed by atoms with E-state index in [4.69, 9.17) is 4.99 Å². The van der Waals surface area contributed by atoms with Crippen LogP contribution in [-0.2, 0) is 6.42 Å². The number of para-hydroxylation sites is 1. The maximum absolute atomic E-state index is 5.50. The predicted octanol–water partition coefficient (Wildman–Crippen LogP) is 13.0. The predicted molar refractivity (Wildman–Crippen MR) is 245 cm³/mol. The van der Waals surface area contributed by atoms with E-state index in [1.807, 2.05) is 11.8 Å². The lowest BCUT2D eigenvalue weighted by molar-refractivity contribution is 0.545. The van der Waals surface area contributed by atoms with Gasteiger partial charge in [0.15, 0.2) is 0 Å². The Balaban J connectivity index is 0.971. The van der Waals surface area contributed by atoms with Gasteiger partial charge in [-0.2, -0.15) is 0 Å². The molecular formula is C53H42N4S. The molecule has 280 valence electrons. The molecule has 6 aromatic carbocycles. The summed E-state index contributed by atoms with van der Waals surface area (Å²) in [6, 6.07) is 44.6. The quantitative estimate of drug-likeness (QED) is 0.135. The summed E-state index contributed by atoms with van der Waals surface area (Å²) in [6.07, 6.45) is 22.8. The summed E-state index contributed by atoms with van der Waals surface area (Å²) in [7, 11) is 0. The summed E-state index contributed by atoms with van der Waals surface area (Å²) in [5, 5.41) is 14.6. The standard InChI is InChI=1S/C53H42N4S/c1-4-12-33(13-5-1)45-32-46(39-22-26-43-44-29-36-16-10-11-17-37(36)30-48(44)57(47(43)31-39)41-18-8-3-9-19-41)55-52(54-45)40-23-25-42-38(28-40)21-20-34-24-27-49-51(50(34)42)56-53(58-49)35-14-6-2-7-15-35/h1,3-6,8-14,16-29,31-32,35,37,52-54,56H,2,7,15,30H2. The average Bonchev–Trinajstić information content (AvgIpc) is 3.88. The van der Waals surface area contributed by atoms with Crippen molar-refractivity contribution < 1.29 is 0 Å². The highest BCUT2D eigenvalue weighted by atomic mass is 32.2. The van der Waals surface area contributed by atoms with Gasteiger partial charge in [-0.1, -0.05) is 139 Å². The molecule has 3 heterocycles. The van der Waals surface area contributed by atoms with Crippen LogP contribution in [0, 0.1) is 11.8 Å². The van der Waals surface area contributed by atoms with E-state index < -0.39 is 0 Å². The number of rotatable bonds is 5. The van der Waals surface area contributed by atoms with Crippen LogP contribution in [-0.4, -0.2) is 15.7 Å². The largest absolute Gasteiger partial charge is 0.371 e. The second-order valence-electron chi connectivity index (χ2n) is 16.2. The van der Waals surface area contributed by atoms with Gasteiger partial charge >= 0.3 is 0 Å². The number of nitrogens with one attached hydrogen (secondary N) is 2. The van der Waals surface area contributed by atoms with Crippen molar-refractivity contribution in [2.45, 2.75) is 42.1 Å². The fraction of sp³-hybridized carbons (Fsp3) is 0.151. The van der Waals surface area contributed by atoms with Gasteiger partial charge in [-0.05, 0) is 101 Å². The Hall–Kier alpha value is -6.30. The maximum atomic E-state index is 5.50. The normalized spacial score (nSPS) is 21.8. The zero-order valence-corrected chi connectivity index (χ0v) is 32.9. The second-order valence-corrected chi connectivity index (χ2v) is 17.4. The molecule has 0 saturated carbocycles. The van der Waals surface area contributed by atoms with Crippen molar-refractivity contribution in [1.29, 1.82) is 0 Å². The second kappa shape index (κ2) is 13.7. The van der Waals surface area contributed by atoms with Gasteiger partial charge in [-0.15, -0.1) is 0 Å². The van der Waals surface area contributed by atoms with Crippen LogP contribution in [0.1, 0.15) is 53.4 Å². The number of thioether (sulfide) groups is 1. The minimum absolute atomic E-state index is 0.260. The van der Waals surface area contributed by atoms with Crippen LogP contribution >= 0.6 is 11.8 Å². The minimum atomic E-state index is -0.260. The van der Waals surface area contributed by atoms with Crippen molar-refractivity contribution in [3.8, 4) is 5.69 Å². The van der Waals surface area contributed by atoms with Crippen LogP contribution in [0.2, 0.25) is 0 Å². The molecule has 2 aliphatic heterocycles. The van der Waals surface area contributed by atoms with Crippen LogP contribution in [0.5, 0.6) is 0 Å². The van der Waals surface area contributed by atoms with Gasteiger partial charge < -0.3 is 15.2 Å². The van der Waals surface area contributed by atoms with E-state index in [1.54, 1.807) is 0 Å². The molecular weight excluding hydrogens is 725 g/mol. The lowest BCUT2D eigenvalue weighted by atomic mass is 9.83. The first-order valence-corrected chi connectivity index (χ1v) is 21.6. The smallest absolute Gasteiger partial charge is 0.145 e. The van der Waals surface area contributed by atoms with Gasteiger partial charge in [0.05, 0.1) is 22.3 Å². The Kier molecular flexibility index (Phi) is 7.97. The van der Waals surface area contributed by atoms with Gasteiger partial charge in [-0.3, -0.25) is 4.99 Å². The van der Waals surface area contributed by atoms with E-state index in [2.05, 4.69) is 185 Å². The summed E-state index contributed by atoms with van der Waals surface area (Å²) in [5.41, 5.74) is 13.2. The topological polar surface area (TPSA) is 41.4 Å². The summed E-state index contributed by atoms with van der Waals surface area (Å²) >= 11 is 1.99. The molecule has 12 rings (SSSR count). The van der Waals surface area contributed by atoms with E-state index in [1.165, 1.54) is 84.8 Å². The fourth-order valence-corrected chi connectivity index (χ4v) is 11.1. The van der Waals surface area contributed by atoms with E-state index in [-0.39, 0.29) is 6.17 Å². The van der Waals surface area contributed by atoms with Crippen molar-refractivity contribution in [2.24, 2.45) is 16.8 Å². The molecule has 0 radical (unpaired) electrons. The van der Waals surface area contributed by atoms with Gasteiger partial charge in [0.1, 0.15) is 6.17 Å². The molecule has 1 aromatic heterocycles. The highest BCUT2D eigenvalue weighted by Crippen LogP contribution is 2.48. The van der Waals surface area contributed by atoms with E-state index in [0.717, 1.165) is 34.5 Å². The third kappa shape index (κ3) is 5.63. The van der Waals surface area contributed by atoms with E-state index in [0.29, 0.717) is 17.2 Å². The molecule has 7 aromatic rings. The van der Waals surface area contributed by atoms with Crippen LogP contribution in [0.4, 0.5) is 5.69 Å². The third-order valence-corrected chi connectivity index (χ3v) is 14.1. The molecule has 0 bridgehead atoms. The highest BCUT2D eigenvalue weighted by molar-refractivity contribution is 8.00. The summed E-state index contributed by atoms with van der Waals surface area (Å²) in [5.74, 6) is 0.950. The number of hydrogen-bond acceptors (Lipinski definition) is 4. The zero-order chi connectivity index (χ0) is 38.2. The van der Waals surface area contributed by atoms with Crippen LogP contribution in [0.25, 0.3) is 49.9 Å². The zero-order valence-electron chi connectivity index (χ0n) is 32.1. The van der Waals surface area contributed by atoms with Crippen molar-refractivity contribution in [1.82, 2.24) is 9.88 Å². The van der Waals surface area contributed by atoms with Gasteiger partial charge in [0, 0.05) is 55.7 Å². The lowest BCUT2D eigenvalue weighted by Gasteiger charge is -2.25. The van der Waals surface area contributed by atoms with Crippen molar-refractivity contribution in [3.63, 3.8) is 0 Å². The molecule has 58 heavy (non-hydrogen) atoms. The van der Waals surface area contributed by atoms with Crippen LogP contribution in [0.3, 0.4) is 0 Å². The van der Waals surface area contributed by atoms with Crippen molar-refractivity contribution in [3.05, 3.63) is 197 Å². The molecule has 2 N–H and O–H groups in total. The molecule has 4 unspecified atom stereocenters. The molecule has 0 spiro atoms. The SMILES string of the molecule is C1=CC2=Cc3c(n(-c4ccccc4)c4cc(C5=NC(c6ccc7c(ccc8ccc9c(c87)NC(C7C=CCCC7)S9)c6)NC(c6ccccc6)=C5)ccc34)CC2C=C1. The first kappa shape index (κ1) is 33.8. The maximum Gasteiger partial charge on any atom is 0.145 e. The van der Waals surface area contributed by atoms with E-state index >= 15 is 0 Å².